The quantitative estimate of drug-likeness (QED) is 0.832. The van der Waals surface area contributed by atoms with Crippen LogP contribution in [0.25, 0.3) is 11.1 Å². The molecule has 3 rings (SSSR count). The largest absolute Gasteiger partial charge is 0.297 e. The number of rotatable bonds is 4. The third-order valence-electron chi connectivity index (χ3n) is 4.91. The van der Waals surface area contributed by atoms with E-state index < -0.39 is 0 Å². The molecule has 1 fully saturated rings. The first-order valence-corrected chi connectivity index (χ1v) is 8.57. The summed E-state index contributed by atoms with van der Waals surface area (Å²) in [7, 11) is 0. The Bertz CT molecular complexity index is 606. The molecule has 0 radical (unpaired) electrons. The molecule has 0 bridgehead atoms. The summed E-state index contributed by atoms with van der Waals surface area (Å²) < 4.78 is 2.01. The lowest BCUT2D eigenvalue weighted by Crippen LogP contribution is -2.32. The van der Waals surface area contributed by atoms with E-state index in [1.807, 2.05) is 4.68 Å². The normalized spacial score (nSPS) is 17.6. The van der Waals surface area contributed by atoms with E-state index in [0.717, 1.165) is 12.2 Å². The third-order valence-corrected chi connectivity index (χ3v) is 4.91. The van der Waals surface area contributed by atoms with Crippen molar-refractivity contribution in [3.05, 3.63) is 41.7 Å². The minimum atomic E-state index is 0.522. The maximum atomic E-state index is 4.54. The van der Waals surface area contributed by atoms with Gasteiger partial charge in [-0.1, -0.05) is 30.7 Å². The van der Waals surface area contributed by atoms with Crippen molar-refractivity contribution in [2.24, 2.45) is 0 Å². The lowest BCUT2D eigenvalue weighted by molar-refractivity contribution is 0.175. The minimum Gasteiger partial charge on any atom is -0.297 e. The van der Waals surface area contributed by atoms with Gasteiger partial charge in [-0.2, -0.15) is 5.10 Å². The van der Waals surface area contributed by atoms with Crippen molar-refractivity contribution in [2.45, 2.75) is 52.6 Å². The number of aryl methyl sites for hydroxylation is 2. The Hall–Kier alpha value is -1.61. The highest BCUT2D eigenvalue weighted by molar-refractivity contribution is 5.65. The van der Waals surface area contributed by atoms with Crippen LogP contribution in [0.15, 0.2) is 30.5 Å². The second-order valence-corrected chi connectivity index (χ2v) is 6.38. The molecule has 118 valence electrons. The fourth-order valence-electron chi connectivity index (χ4n) is 3.42. The zero-order chi connectivity index (χ0) is 15.5. The van der Waals surface area contributed by atoms with Crippen molar-refractivity contribution in [3.63, 3.8) is 0 Å². The molecule has 3 nitrogen and oxygen atoms in total. The van der Waals surface area contributed by atoms with Crippen LogP contribution in [0.4, 0.5) is 0 Å². The first kappa shape index (κ1) is 15.3. The average Bonchev–Trinajstić information content (AvgIpc) is 2.96. The second-order valence-electron chi connectivity index (χ2n) is 6.38. The Labute approximate surface area is 133 Å². The zero-order valence-electron chi connectivity index (χ0n) is 14.0. The summed E-state index contributed by atoms with van der Waals surface area (Å²) in [5.41, 5.74) is 5.05. The van der Waals surface area contributed by atoms with Gasteiger partial charge in [-0.3, -0.25) is 9.58 Å². The summed E-state index contributed by atoms with van der Waals surface area (Å²) in [5.74, 6) is 0. The van der Waals surface area contributed by atoms with Crippen molar-refractivity contribution in [1.29, 1.82) is 0 Å². The van der Waals surface area contributed by atoms with Crippen molar-refractivity contribution in [1.82, 2.24) is 14.7 Å². The van der Waals surface area contributed by atoms with Crippen LogP contribution in [-0.2, 0) is 6.54 Å². The van der Waals surface area contributed by atoms with Gasteiger partial charge >= 0.3 is 0 Å². The van der Waals surface area contributed by atoms with Crippen LogP contribution >= 0.6 is 0 Å². The molecule has 1 aromatic heterocycles. The fourth-order valence-corrected chi connectivity index (χ4v) is 3.42. The van der Waals surface area contributed by atoms with E-state index in [1.165, 1.54) is 49.0 Å². The standard InChI is InChI=1S/C19H27N3/c1-4-22-14-19(15(2)20-22)18-10-8-17(9-11-18)16(3)21-12-6-5-7-13-21/h8-11,14,16H,4-7,12-13H2,1-3H3/t16-/m0/s1. The SMILES string of the molecule is CCn1cc(-c2ccc([C@H](C)N3CCCCC3)cc2)c(C)n1. The molecule has 0 N–H and O–H groups in total. The predicted molar refractivity (Wildman–Crippen MR) is 91.9 cm³/mol. The molecule has 2 aromatic rings. The van der Waals surface area contributed by atoms with Crippen LogP contribution in [0.3, 0.4) is 0 Å². The van der Waals surface area contributed by atoms with Gasteiger partial charge in [0.15, 0.2) is 0 Å². The van der Waals surface area contributed by atoms with E-state index in [9.17, 15) is 0 Å². The number of hydrogen-bond donors (Lipinski definition) is 0. The summed E-state index contributed by atoms with van der Waals surface area (Å²) in [5, 5.41) is 4.54. The smallest absolute Gasteiger partial charge is 0.0672 e. The van der Waals surface area contributed by atoms with Gasteiger partial charge in [0, 0.05) is 24.3 Å². The zero-order valence-corrected chi connectivity index (χ0v) is 14.0. The Kier molecular flexibility index (Phi) is 4.63. The maximum absolute atomic E-state index is 4.54. The highest BCUT2D eigenvalue weighted by atomic mass is 15.3. The molecule has 1 saturated heterocycles. The van der Waals surface area contributed by atoms with Gasteiger partial charge in [-0.25, -0.2) is 0 Å². The molecular formula is C19H27N3. The average molecular weight is 297 g/mol. The summed E-state index contributed by atoms with van der Waals surface area (Å²) >= 11 is 0. The van der Waals surface area contributed by atoms with Gasteiger partial charge in [0.2, 0.25) is 0 Å². The minimum absolute atomic E-state index is 0.522. The van der Waals surface area contributed by atoms with Crippen LogP contribution in [0.1, 0.15) is 50.4 Å². The summed E-state index contributed by atoms with van der Waals surface area (Å²) in [4.78, 5) is 2.61. The van der Waals surface area contributed by atoms with Crippen LogP contribution in [-0.4, -0.2) is 27.8 Å². The topological polar surface area (TPSA) is 21.1 Å². The molecule has 0 amide bonds. The van der Waals surface area contributed by atoms with E-state index in [1.54, 1.807) is 0 Å². The fraction of sp³-hybridized carbons (Fsp3) is 0.526. The molecule has 1 aliphatic rings. The van der Waals surface area contributed by atoms with E-state index in [4.69, 9.17) is 0 Å². The molecule has 1 atom stereocenters. The maximum Gasteiger partial charge on any atom is 0.0672 e. The van der Waals surface area contributed by atoms with Crippen LogP contribution < -0.4 is 0 Å². The Morgan fingerprint density at radius 1 is 1.09 bits per heavy atom. The van der Waals surface area contributed by atoms with Crippen molar-refractivity contribution < 1.29 is 0 Å². The second kappa shape index (κ2) is 6.66. The monoisotopic (exact) mass is 297 g/mol. The third kappa shape index (κ3) is 3.09. The molecule has 1 aromatic carbocycles. The highest BCUT2D eigenvalue weighted by Gasteiger charge is 2.18. The molecule has 3 heteroatoms. The van der Waals surface area contributed by atoms with Crippen LogP contribution in [0, 0.1) is 6.92 Å². The number of likely N-dealkylation sites (tertiary alicyclic amines) is 1. The highest BCUT2D eigenvalue weighted by Crippen LogP contribution is 2.28. The first-order chi connectivity index (χ1) is 10.7. The van der Waals surface area contributed by atoms with Gasteiger partial charge < -0.3 is 0 Å². The Balaban J connectivity index is 1.78. The molecule has 0 aliphatic carbocycles. The summed E-state index contributed by atoms with van der Waals surface area (Å²) in [6, 6.07) is 9.60. The first-order valence-electron chi connectivity index (χ1n) is 8.57. The number of piperidine rings is 1. The van der Waals surface area contributed by atoms with Gasteiger partial charge in [-0.15, -0.1) is 0 Å². The van der Waals surface area contributed by atoms with E-state index in [2.05, 4.69) is 61.2 Å². The van der Waals surface area contributed by atoms with E-state index in [-0.39, 0.29) is 0 Å². The molecule has 22 heavy (non-hydrogen) atoms. The van der Waals surface area contributed by atoms with Gasteiger partial charge in [-0.05, 0) is 57.8 Å². The Morgan fingerprint density at radius 2 is 1.77 bits per heavy atom. The van der Waals surface area contributed by atoms with Gasteiger partial charge in [0.1, 0.15) is 0 Å². The lowest BCUT2D eigenvalue weighted by atomic mass is 9.99. The number of benzene rings is 1. The summed E-state index contributed by atoms with van der Waals surface area (Å²) in [6.07, 6.45) is 6.23. The molecule has 0 unspecified atom stereocenters. The predicted octanol–water partition coefficient (Wildman–Crippen LogP) is 4.43. The van der Waals surface area contributed by atoms with E-state index in [0.29, 0.717) is 6.04 Å². The lowest BCUT2D eigenvalue weighted by Gasteiger charge is -2.32. The van der Waals surface area contributed by atoms with E-state index >= 15 is 0 Å². The molecule has 0 saturated carbocycles. The number of hydrogen-bond acceptors (Lipinski definition) is 2. The van der Waals surface area contributed by atoms with Crippen LogP contribution in [0.5, 0.6) is 0 Å². The van der Waals surface area contributed by atoms with Gasteiger partial charge in [0.05, 0.1) is 5.69 Å². The molecule has 2 heterocycles. The molecule has 1 aliphatic heterocycles. The van der Waals surface area contributed by atoms with Crippen molar-refractivity contribution in [3.8, 4) is 11.1 Å². The number of nitrogens with zero attached hydrogens (tertiary/aromatic N) is 3. The van der Waals surface area contributed by atoms with Crippen LogP contribution in [0.2, 0.25) is 0 Å². The van der Waals surface area contributed by atoms with Gasteiger partial charge in [0.25, 0.3) is 0 Å². The molecular weight excluding hydrogens is 270 g/mol. The summed E-state index contributed by atoms with van der Waals surface area (Å²) in [6.45, 7) is 9.95. The molecule has 0 spiro atoms. The van der Waals surface area contributed by atoms with Crippen molar-refractivity contribution >= 4 is 0 Å². The van der Waals surface area contributed by atoms with Crippen molar-refractivity contribution in [2.75, 3.05) is 13.1 Å². The Morgan fingerprint density at radius 3 is 2.36 bits per heavy atom. The number of aromatic nitrogens is 2.